The summed E-state index contributed by atoms with van der Waals surface area (Å²) in [6.45, 7) is 11.1. The molecule has 1 fully saturated rings. The molecular weight excluding hydrogens is 219 g/mol. The summed E-state index contributed by atoms with van der Waals surface area (Å²) in [4.78, 5) is 10.9. The molecule has 1 aliphatic rings. The predicted molar refractivity (Wildman–Crippen MR) is 66.6 cm³/mol. The molecule has 4 nitrogen and oxygen atoms in total. The molecule has 1 rings (SSSR count). The normalized spacial score (nSPS) is 23.3. The van der Waals surface area contributed by atoms with Crippen molar-refractivity contribution in [3.63, 3.8) is 0 Å². The van der Waals surface area contributed by atoms with Gasteiger partial charge in [0.2, 0.25) is 0 Å². The van der Waals surface area contributed by atoms with E-state index < -0.39 is 29.7 Å². The van der Waals surface area contributed by atoms with Gasteiger partial charge in [0.1, 0.15) is 0 Å². The van der Waals surface area contributed by atoms with Crippen molar-refractivity contribution in [3.05, 3.63) is 12.1 Å². The van der Waals surface area contributed by atoms with Gasteiger partial charge in [0, 0.05) is 0 Å². The van der Waals surface area contributed by atoms with E-state index in [4.69, 9.17) is 14.4 Å². The van der Waals surface area contributed by atoms with Gasteiger partial charge in [-0.15, -0.1) is 0 Å². The van der Waals surface area contributed by atoms with Crippen LogP contribution in [0.5, 0.6) is 0 Å². The number of aliphatic carboxylic acids is 1. The molecular formula is C12H21BO4. The highest BCUT2D eigenvalue weighted by Crippen LogP contribution is 2.37. The number of carboxylic acids is 1. The average Bonchev–Trinajstić information content (AvgIpc) is 2.32. The van der Waals surface area contributed by atoms with Gasteiger partial charge in [-0.2, -0.15) is 0 Å². The third kappa shape index (κ3) is 2.90. The van der Waals surface area contributed by atoms with Crippen LogP contribution in [0.25, 0.3) is 0 Å². The number of carbonyl (C=O) groups is 1. The first kappa shape index (κ1) is 14.3. The zero-order valence-corrected chi connectivity index (χ0v) is 11.4. The van der Waals surface area contributed by atoms with Gasteiger partial charge in [0.05, 0.1) is 16.6 Å². The van der Waals surface area contributed by atoms with E-state index in [1.54, 1.807) is 25.9 Å². The third-order valence-corrected chi connectivity index (χ3v) is 3.49. The van der Waals surface area contributed by atoms with Crippen molar-refractivity contribution in [1.29, 1.82) is 0 Å². The topological polar surface area (TPSA) is 55.8 Å². The summed E-state index contributed by atoms with van der Waals surface area (Å²) < 4.78 is 11.5. The highest BCUT2D eigenvalue weighted by molar-refractivity contribution is 6.51. The van der Waals surface area contributed by atoms with Gasteiger partial charge >= 0.3 is 13.1 Å². The van der Waals surface area contributed by atoms with Gasteiger partial charge in [0.25, 0.3) is 0 Å². The number of hydrogen-bond donors (Lipinski definition) is 1. The molecule has 0 bridgehead atoms. The molecule has 0 aromatic heterocycles. The molecule has 0 atom stereocenters. The fourth-order valence-corrected chi connectivity index (χ4v) is 1.36. The van der Waals surface area contributed by atoms with Crippen LogP contribution in [-0.4, -0.2) is 29.4 Å². The Morgan fingerprint density at radius 1 is 1.18 bits per heavy atom. The molecule has 0 spiro atoms. The lowest BCUT2D eigenvalue weighted by Crippen LogP contribution is -2.41. The smallest absolute Gasteiger partial charge is 0.481 e. The van der Waals surface area contributed by atoms with E-state index in [0.717, 1.165) is 0 Å². The summed E-state index contributed by atoms with van der Waals surface area (Å²) in [7, 11) is -0.487. The molecule has 0 aromatic rings. The quantitative estimate of drug-likeness (QED) is 0.769. The first-order chi connectivity index (χ1) is 7.48. The standard InChI is InChI=1S/C12H21BO4/c1-10(2,9(14)15)7-8-13-16-11(3,4)12(5,6)17-13/h7-8H,1-6H3,(H,14,15). The Morgan fingerprint density at radius 3 is 1.94 bits per heavy atom. The summed E-state index contributed by atoms with van der Waals surface area (Å²) in [5, 5.41) is 8.99. The van der Waals surface area contributed by atoms with Crippen molar-refractivity contribution in [1.82, 2.24) is 0 Å². The summed E-state index contributed by atoms with van der Waals surface area (Å²) in [5.74, 6) is 0.801. The minimum absolute atomic E-state index is 0.393. The molecule has 17 heavy (non-hydrogen) atoms. The summed E-state index contributed by atoms with van der Waals surface area (Å²) >= 11 is 0. The summed E-state index contributed by atoms with van der Waals surface area (Å²) in [5.41, 5.74) is -1.70. The van der Waals surface area contributed by atoms with Crippen LogP contribution in [0, 0.1) is 5.41 Å². The molecule has 1 N–H and O–H groups in total. The number of hydrogen-bond acceptors (Lipinski definition) is 3. The fraction of sp³-hybridized carbons (Fsp3) is 0.750. The molecule has 0 aromatic carbocycles. The van der Waals surface area contributed by atoms with E-state index in [1.807, 2.05) is 27.7 Å². The Kier molecular flexibility index (Phi) is 3.47. The second kappa shape index (κ2) is 4.14. The lowest BCUT2D eigenvalue weighted by atomic mass is 9.83. The Hall–Kier alpha value is -0.805. The Balaban J connectivity index is 2.75. The van der Waals surface area contributed by atoms with Crippen molar-refractivity contribution in [2.75, 3.05) is 0 Å². The summed E-state index contributed by atoms with van der Waals surface area (Å²) in [6.07, 6.45) is 1.61. The monoisotopic (exact) mass is 240 g/mol. The second-order valence-corrected chi connectivity index (χ2v) is 6.01. The largest absolute Gasteiger partial charge is 0.486 e. The van der Waals surface area contributed by atoms with Crippen molar-refractivity contribution >= 4 is 13.1 Å². The second-order valence-electron chi connectivity index (χ2n) is 6.01. The maximum atomic E-state index is 10.9. The Bertz CT molecular complexity index is 328. The number of carboxylic acid groups (broad SMARTS) is 1. The van der Waals surface area contributed by atoms with Gasteiger partial charge in [0.15, 0.2) is 0 Å². The first-order valence-corrected chi connectivity index (χ1v) is 5.76. The third-order valence-electron chi connectivity index (χ3n) is 3.49. The van der Waals surface area contributed by atoms with Crippen LogP contribution in [0.2, 0.25) is 0 Å². The Morgan fingerprint density at radius 2 is 1.59 bits per heavy atom. The lowest BCUT2D eigenvalue weighted by Gasteiger charge is -2.32. The van der Waals surface area contributed by atoms with E-state index in [-0.39, 0.29) is 0 Å². The van der Waals surface area contributed by atoms with Gasteiger partial charge in [-0.25, -0.2) is 0 Å². The van der Waals surface area contributed by atoms with Gasteiger partial charge in [-0.1, -0.05) is 12.1 Å². The van der Waals surface area contributed by atoms with Crippen LogP contribution in [-0.2, 0) is 14.1 Å². The van der Waals surface area contributed by atoms with Crippen molar-refractivity contribution in [2.24, 2.45) is 5.41 Å². The zero-order valence-electron chi connectivity index (χ0n) is 11.4. The van der Waals surface area contributed by atoms with E-state index in [9.17, 15) is 4.79 Å². The van der Waals surface area contributed by atoms with Crippen LogP contribution in [0.1, 0.15) is 41.5 Å². The van der Waals surface area contributed by atoms with E-state index in [1.165, 1.54) is 0 Å². The van der Waals surface area contributed by atoms with Crippen LogP contribution < -0.4 is 0 Å². The van der Waals surface area contributed by atoms with Crippen molar-refractivity contribution in [3.8, 4) is 0 Å². The highest BCUT2D eigenvalue weighted by Gasteiger charge is 2.50. The van der Waals surface area contributed by atoms with Crippen molar-refractivity contribution < 1.29 is 19.2 Å². The number of rotatable bonds is 3. The molecule has 1 aliphatic heterocycles. The molecule has 0 amide bonds. The highest BCUT2D eigenvalue weighted by atomic mass is 16.7. The molecule has 0 aliphatic carbocycles. The minimum Gasteiger partial charge on any atom is -0.481 e. The van der Waals surface area contributed by atoms with Gasteiger partial charge < -0.3 is 14.4 Å². The zero-order chi connectivity index (χ0) is 13.5. The van der Waals surface area contributed by atoms with E-state index in [2.05, 4.69) is 0 Å². The molecule has 0 unspecified atom stereocenters. The molecule has 5 heteroatoms. The molecule has 1 saturated heterocycles. The molecule has 0 radical (unpaired) electrons. The molecule has 0 saturated carbocycles. The maximum Gasteiger partial charge on any atom is 0.486 e. The van der Waals surface area contributed by atoms with E-state index >= 15 is 0 Å². The fourth-order valence-electron chi connectivity index (χ4n) is 1.36. The van der Waals surface area contributed by atoms with Gasteiger partial charge in [-0.3, -0.25) is 4.79 Å². The summed E-state index contributed by atoms with van der Waals surface area (Å²) in [6, 6.07) is 0. The van der Waals surface area contributed by atoms with Crippen LogP contribution in [0.4, 0.5) is 0 Å². The maximum absolute atomic E-state index is 10.9. The lowest BCUT2D eigenvalue weighted by molar-refractivity contribution is -0.144. The average molecular weight is 240 g/mol. The van der Waals surface area contributed by atoms with Crippen molar-refractivity contribution in [2.45, 2.75) is 52.7 Å². The van der Waals surface area contributed by atoms with Crippen LogP contribution in [0.15, 0.2) is 12.1 Å². The minimum atomic E-state index is -0.913. The predicted octanol–water partition coefficient (Wildman–Crippen LogP) is 2.28. The van der Waals surface area contributed by atoms with Crippen LogP contribution in [0.3, 0.4) is 0 Å². The molecule has 96 valence electrons. The van der Waals surface area contributed by atoms with Crippen LogP contribution >= 0.6 is 0 Å². The van der Waals surface area contributed by atoms with Gasteiger partial charge in [-0.05, 0) is 41.5 Å². The molecule has 1 heterocycles. The van der Waals surface area contributed by atoms with E-state index in [0.29, 0.717) is 0 Å². The SMILES string of the molecule is CC(C)(C=CB1OC(C)(C)C(C)(C)O1)C(=O)O. The first-order valence-electron chi connectivity index (χ1n) is 5.76. The Labute approximate surface area is 103 Å².